The van der Waals surface area contributed by atoms with Gasteiger partial charge in [0.1, 0.15) is 0 Å². The molecule has 0 saturated carbocycles. The minimum Gasteiger partial charge on any atom is -0.390 e. The maximum absolute atomic E-state index is 9.36. The fourth-order valence-corrected chi connectivity index (χ4v) is 2.57. The summed E-state index contributed by atoms with van der Waals surface area (Å²) in [6.45, 7) is 2.14. The van der Waals surface area contributed by atoms with Crippen LogP contribution in [0.15, 0.2) is 55.0 Å². The van der Waals surface area contributed by atoms with Crippen molar-refractivity contribution in [3.63, 3.8) is 0 Å². The Morgan fingerprint density at radius 3 is 2.79 bits per heavy atom. The Kier molecular flexibility index (Phi) is 3.05. The van der Waals surface area contributed by atoms with Crippen LogP contribution in [0, 0.1) is 0 Å². The molecule has 19 heavy (non-hydrogen) atoms. The molecule has 1 atom stereocenters. The van der Waals surface area contributed by atoms with Crippen molar-refractivity contribution in [2.24, 2.45) is 0 Å². The van der Waals surface area contributed by atoms with E-state index < -0.39 is 0 Å². The topological polar surface area (TPSA) is 38.0 Å². The molecule has 96 valence electrons. The predicted molar refractivity (Wildman–Crippen MR) is 75.9 cm³/mol. The van der Waals surface area contributed by atoms with Crippen LogP contribution in [0.25, 0.3) is 10.8 Å². The van der Waals surface area contributed by atoms with E-state index in [-0.39, 0.29) is 12.6 Å². The predicted octanol–water partition coefficient (Wildman–Crippen LogP) is 3.14. The molecule has 0 saturated heterocycles. The van der Waals surface area contributed by atoms with E-state index in [1.165, 1.54) is 16.3 Å². The Morgan fingerprint density at radius 2 is 1.95 bits per heavy atom. The molecule has 0 aliphatic heterocycles. The van der Waals surface area contributed by atoms with Gasteiger partial charge in [0.05, 0.1) is 30.9 Å². The quantitative estimate of drug-likeness (QED) is 0.777. The van der Waals surface area contributed by atoms with E-state index in [2.05, 4.69) is 48.3 Å². The van der Waals surface area contributed by atoms with Gasteiger partial charge in [-0.3, -0.25) is 0 Å². The average molecular weight is 252 g/mol. The third-order valence-electron chi connectivity index (χ3n) is 3.60. The summed E-state index contributed by atoms with van der Waals surface area (Å²) in [4.78, 5) is 4.12. The SMILES string of the molecule is CC(c1cccc2ccccc12)n1cncc1CO. The summed E-state index contributed by atoms with van der Waals surface area (Å²) in [5, 5.41) is 11.8. The molecule has 1 N–H and O–H groups in total. The van der Waals surface area contributed by atoms with E-state index in [1.807, 2.05) is 10.6 Å². The van der Waals surface area contributed by atoms with E-state index in [9.17, 15) is 5.11 Å². The summed E-state index contributed by atoms with van der Waals surface area (Å²) < 4.78 is 2.02. The summed E-state index contributed by atoms with van der Waals surface area (Å²) in [6.07, 6.45) is 3.49. The molecule has 0 bridgehead atoms. The third kappa shape index (κ3) is 2.02. The van der Waals surface area contributed by atoms with Crippen LogP contribution < -0.4 is 0 Å². The van der Waals surface area contributed by atoms with Gasteiger partial charge in [0.25, 0.3) is 0 Å². The van der Waals surface area contributed by atoms with Gasteiger partial charge in [0, 0.05) is 0 Å². The zero-order valence-electron chi connectivity index (χ0n) is 10.8. The molecule has 0 fully saturated rings. The highest BCUT2D eigenvalue weighted by Gasteiger charge is 2.13. The number of hydrogen-bond acceptors (Lipinski definition) is 2. The minimum atomic E-state index is 0.00903. The number of aliphatic hydroxyl groups excluding tert-OH is 1. The Bertz CT molecular complexity index is 697. The van der Waals surface area contributed by atoms with Crippen molar-refractivity contribution >= 4 is 10.8 Å². The first kappa shape index (κ1) is 11.9. The van der Waals surface area contributed by atoms with Crippen LogP contribution in [-0.2, 0) is 6.61 Å². The monoisotopic (exact) mass is 252 g/mol. The largest absolute Gasteiger partial charge is 0.390 e. The van der Waals surface area contributed by atoms with Gasteiger partial charge in [-0.15, -0.1) is 0 Å². The fourth-order valence-electron chi connectivity index (χ4n) is 2.57. The van der Waals surface area contributed by atoms with E-state index in [0.717, 1.165) is 5.69 Å². The van der Waals surface area contributed by atoms with Gasteiger partial charge in [0.2, 0.25) is 0 Å². The number of imidazole rings is 1. The Hall–Kier alpha value is -2.13. The average Bonchev–Trinajstić information content (AvgIpc) is 2.94. The van der Waals surface area contributed by atoms with Crippen molar-refractivity contribution < 1.29 is 5.11 Å². The molecule has 3 rings (SSSR count). The number of nitrogens with zero attached hydrogens (tertiary/aromatic N) is 2. The molecule has 3 nitrogen and oxygen atoms in total. The summed E-state index contributed by atoms with van der Waals surface area (Å²) >= 11 is 0. The van der Waals surface area contributed by atoms with Gasteiger partial charge in [-0.2, -0.15) is 0 Å². The highest BCUT2D eigenvalue weighted by atomic mass is 16.3. The third-order valence-corrected chi connectivity index (χ3v) is 3.60. The first-order chi connectivity index (χ1) is 9.31. The van der Waals surface area contributed by atoms with Gasteiger partial charge < -0.3 is 9.67 Å². The standard InChI is InChI=1S/C16H16N2O/c1-12(18-11-17-9-14(18)10-19)15-8-4-6-13-5-2-3-7-16(13)15/h2-9,11-12,19H,10H2,1H3. The summed E-state index contributed by atoms with van der Waals surface area (Å²) in [5.74, 6) is 0. The molecular weight excluding hydrogens is 236 g/mol. The Morgan fingerprint density at radius 1 is 1.16 bits per heavy atom. The zero-order chi connectivity index (χ0) is 13.2. The lowest BCUT2D eigenvalue weighted by Crippen LogP contribution is -2.09. The van der Waals surface area contributed by atoms with Crippen LogP contribution in [0.4, 0.5) is 0 Å². The van der Waals surface area contributed by atoms with Crippen LogP contribution >= 0.6 is 0 Å². The van der Waals surface area contributed by atoms with Crippen LogP contribution in [0.3, 0.4) is 0 Å². The summed E-state index contributed by atoms with van der Waals surface area (Å²) in [7, 11) is 0. The molecule has 3 aromatic rings. The van der Waals surface area contributed by atoms with E-state index in [0.29, 0.717) is 0 Å². The van der Waals surface area contributed by atoms with Crippen LogP contribution in [0.5, 0.6) is 0 Å². The molecule has 0 aliphatic rings. The highest BCUT2D eigenvalue weighted by molar-refractivity contribution is 5.86. The molecule has 3 heteroatoms. The summed E-state index contributed by atoms with van der Waals surface area (Å²) in [5.41, 5.74) is 2.08. The van der Waals surface area contributed by atoms with Crippen molar-refractivity contribution in [3.8, 4) is 0 Å². The fraction of sp³-hybridized carbons (Fsp3) is 0.188. The number of aromatic nitrogens is 2. The number of rotatable bonds is 3. The first-order valence-corrected chi connectivity index (χ1v) is 6.40. The number of aliphatic hydroxyl groups is 1. The molecule has 1 aromatic heterocycles. The van der Waals surface area contributed by atoms with Gasteiger partial charge in [-0.05, 0) is 23.3 Å². The maximum atomic E-state index is 9.36. The van der Waals surface area contributed by atoms with E-state index in [1.54, 1.807) is 12.5 Å². The van der Waals surface area contributed by atoms with Crippen LogP contribution in [-0.4, -0.2) is 14.7 Å². The molecule has 2 aromatic carbocycles. The summed E-state index contributed by atoms with van der Waals surface area (Å²) in [6, 6.07) is 14.8. The second kappa shape index (κ2) is 4.86. The lowest BCUT2D eigenvalue weighted by molar-refractivity contribution is 0.269. The molecule has 0 spiro atoms. The lowest BCUT2D eigenvalue weighted by Gasteiger charge is -2.18. The van der Waals surface area contributed by atoms with Gasteiger partial charge >= 0.3 is 0 Å². The van der Waals surface area contributed by atoms with Crippen molar-refractivity contribution in [3.05, 3.63) is 66.2 Å². The van der Waals surface area contributed by atoms with Crippen molar-refractivity contribution in [2.45, 2.75) is 19.6 Å². The van der Waals surface area contributed by atoms with Crippen molar-refractivity contribution in [1.82, 2.24) is 9.55 Å². The normalized spacial score (nSPS) is 12.7. The Balaban J connectivity index is 2.14. The molecule has 0 radical (unpaired) electrons. The highest BCUT2D eigenvalue weighted by Crippen LogP contribution is 2.27. The zero-order valence-corrected chi connectivity index (χ0v) is 10.8. The van der Waals surface area contributed by atoms with Crippen LogP contribution in [0.2, 0.25) is 0 Å². The van der Waals surface area contributed by atoms with E-state index >= 15 is 0 Å². The first-order valence-electron chi connectivity index (χ1n) is 6.40. The molecule has 0 aliphatic carbocycles. The maximum Gasteiger partial charge on any atom is 0.0954 e. The number of fused-ring (bicyclic) bond motifs is 1. The van der Waals surface area contributed by atoms with Gasteiger partial charge in [0.15, 0.2) is 0 Å². The molecule has 0 amide bonds. The molecular formula is C16H16N2O. The smallest absolute Gasteiger partial charge is 0.0954 e. The lowest BCUT2D eigenvalue weighted by atomic mass is 9.99. The minimum absolute atomic E-state index is 0.00903. The van der Waals surface area contributed by atoms with Gasteiger partial charge in [-0.1, -0.05) is 42.5 Å². The number of hydrogen-bond donors (Lipinski definition) is 1. The van der Waals surface area contributed by atoms with Crippen LogP contribution in [0.1, 0.15) is 24.2 Å². The van der Waals surface area contributed by atoms with Crippen molar-refractivity contribution in [1.29, 1.82) is 0 Å². The molecule has 1 heterocycles. The van der Waals surface area contributed by atoms with Gasteiger partial charge in [-0.25, -0.2) is 4.98 Å². The Labute approximate surface area is 112 Å². The van der Waals surface area contributed by atoms with E-state index in [4.69, 9.17) is 0 Å². The van der Waals surface area contributed by atoms with Crippen molar-refractivity contribution in [2.75, 3.05) is 0 Å². The number of benzene rings is 2. The molecule has 1 unspecified atom stereocenters. The second-order valence-corrected chi connectivity index (χ2v) is 4.69. The second-order valence-electron chi connectivity index (χ2n) is 4.69.